The maximum atomic E-state index is 14.2. The van der Waals surface area contributed by atoms with Crippen LogP contribution >= 0.6 is 11.3 Å². The van der Waals surface area contributed by atoms with Crippen molar-refractivity contribution in [3.63, 3.8) is 0 Å². The fourth-order valence-electron chi connectivity index (χ4n) is 6.17. The van der Waals surface area contributed by atoms with Crippen molar-refractivity contribution in [1.29, 1.82) is 0 Å². The van der Waals surface area contributed by atoms with E-state index in [4.69, 9.17) is 0 Å². The zero-order valence-corrected chi connectivity index (χ0v) is 26.6. The molecular weight excluding hydrogens is 626 g/mol. The number of carbonyl (C=O) groups is 1. The molecule has 0 bridgehead atoms. The van der Waals surface area contributed by atoms with Gasteiger partial charge >= 0.3 is 6.18 Å². The normalized spacial score (nSPS) is 20.7. The predicted octanol–water partition coefficient (Wildman–Crippen LogP) is 5.45. The van der Waals surface area contributed by atoms with Crippen molar-refractivity contribution in [1.82, 2.24) is 19.8 Å². The molecule has 0 atom stereocenters. The summed E-state index contributed by atoms with van der Waals surface area (Å²) in [7, 11) is -3.87. The Labute approximate surface area is 264 Å². The van der Waals surface area contributed by atoms with Gasteiger partial charge in [0.2, 0.25) is 5.95 Å². The van der Waals surface area contributed by atoms with Gasteiger partial charge in [-0.05, 0) is 67.9 Å². The molecular formula is C31H35F3N6O3S2. The van der Waals surface area contributed by atoms with E-state index >= 15 is 0 Å². The largest absolute Gasteiger partial charge is 0.420 e. The van der Waals surface area contributed by atoms with Crippen molar-refractivity contribution >= 4 is 44.4 Å². The van der Waals surface area contributed by atoms with E-state index in [-0.39, 0.29) is 38.9 Å². The summed E-state index contributed by atoms with van der Waals surface area (Å²) >= 11 is 0.741. The van der Waals surface area contributed by atoms with Gasteiger partial charge in [-0.1, -0.05) is 6.92 Å². The molecule has 4 aliphatic rings. The summed E-state index contributed by atoms with van der Waals surface area (Å²) in [4.78, 5) is 27.7. The van der Waals surface area contributed by atoms with Gasteiger partial charge < -0.3 is 15.1 Å². The Hall–Kier alpha value is -3.23. The highest BCUT2D eigenvalue weighted by Crippen LogP contribution is 2.43. The molecule has 14 heteroatoms. The Morgan fingerprint density at radius 1 is 1.04 bits per heavy atom. The lowest BCUT2D eigenvalue weighted by Gasteiger charge is -2.36. The number of rotatable bonds is 8. The Kier molecular flexibility index (Phi) is 7.80. The number of benzene rings is 1. The molecule has 1 saturated heterocycles. The molecule has 7 rings (SSSR count). The molecule has 9 nitrogen and oxygen atoms in total. The smallest absolute Gasteiger partial charge is 0.369 e. The Morgan fingerprint density at radius 3 is 2.47 bits per heavy atom. The number of nitrogens with one attached hydrogen (secondary N) is 1. The predicted molar refractivity (Wildman–Crippen MR) is 167 cm³/mol. The number of hydrogen-bond donors (Lipinski definition) is 1. The molecule has 240 valence electrons. The minimum atomic E-state index is -4.79. The third-order valence-electron chi connectivity index (χ3n) is 9.07. The van der Waals surface area contributed by atoms with Gasteiger partial charge in [0.05, 0.1) is 21.2 Å². The van der Waals surface area contributed by atoms with E-state index in [0.717, 1.165) is 67.5 Å². The zero-order valence-electron chi connectivity index (χ0n) is 24.9. The van der Waals surface area contributed by atoms with Crippen LogP contribution in [0.2, 0.25) is 0 Å². The summed E-state index contributed by atoms with van der Waals surface area (Å²) in [6.07, 6.45) is 0.858. The van der Waals surface area contributed by atoms with Crippen LogP contribution in [0.15, 0.2) is 35.4 Å². The minimum Gasteiger partial charge on any atom is -0.369 e. The van der Waals surface area contributed by atoms with Gasteiger partial charge in [-0.15, -0.1) is 11.3 Å². The molecule has 2 saturated carbocycles. The van der Waals surface area contributed by atoms with E-state index in [1.54, 1.807) is 0 Å². The maximum absolute atomic E-state index is 14.2. The summed E-state index contributed by atoms with van der Waals surface area (Å²) in [5.74, 6) is 0.0892. The number of nitrogens with zero attached hydrogens (tertiary/aromatic N) is 5. The number of hydrogen-bond acceptors (Lipinski definition) is 9. The molecule has 3 fully saturated rings. The second-order valence-electron chi connectivity index (χ2n) is 12.4. The van der Waals surface area contributed by atoms with Crippen molar-refractivity contribution in [3.05, 3.63) is 46.5 Å². The van der Waals surface area contributed by atoms with E-state index < -0.39 is 33.2 Å². The zero-order chi connectivity index (χ0) is 31.5. The molecule has 45 heavy (non-hydrogen) atoms. The number of sulfone groups is 1. The number of carbonyl (C=O) groups excluding carboxylic acids is 1. The van der Waals surface area contributed by atoms with E-state index in [0.29, 0.717) is 18.3 Å². The number of amides is 1. The van der Waals surface area contributed by atoms with Gasteiger partial charge in [0.25, 0.3) is 5.91 Å². The summed E-state index contributed by atoms with van der Waals surface area (Å²) < 4.78 is 68.7. The molecule has 2 aliphatic carbocycles. The highest BCUT2D eigenvalue weighted by Gasteiger charge is 2.42. The van der Waals surface area contributed by atoms with Crippen LogP contribution in [-0.4, -0.2) is 85.2 Å². The first-order valence-electron chi connectivity index (χ1n) is 15.5. The number of thiophene rings is 1. The van der Waals surface area contributed by atoms with Crippen LogP contribution in [0, 0.1) is 5.92 Å². The van der Waals surface area contributed by atoms with Crippen LogP contribution in [0.4, 0.5) is 30.5 Å². The third kappa shape index (κ3) is 6.28. The number of halogens is 3. The molecule has 2 aromatic heterocycles. The minimum absolute atomic E-state index is 0.0270. The fraction of sp³-hybridized carbons (Fsp3) is 0.516. The topological polar surface area (TPSA) is 98.7 Å². The lowest BCUT2D eigenvalue weighted by atomic mass is 10.1. The number of alkyl halides is 3. The maximum Gasteiger partial charge on any atom is 0.420 e. The van der Waals surface area contributed by atoms with Crippen molar-refractivity contribution in [2.45, 2.75) is 56.1 Å². The summed E-state index contributed by atoms with van der Waals surface area (Å²) in [5.41, 5.74) is 1.19. The van der Waals surface area contributed by atoms with Crippen LogP contribution < -0.4 is 10.2 Å². The SMILES string of the molecule is CCc1cc(N2CCN(CC3CC3)CC2)ccc1Nc1ncc(C(F)(F)F)c(-c2cc3c(s2)C(=O)N(C2CC2)CCS3(=O)=O)n1. The van der Waals surface area contributed by atoms with E-state index in [2.05, 4.69) is 31.2 Å². The van der Waals surface area contributed by atoms with Crippen molar-refractivity contribution in [2.75, 3.05) is 55.2 Å². The molecule has 3 aromatic rings. The number of aryl methyl sites for hydroxylation is 1. The Balaban J connectivity index is 1.17. The number of piperazine rings is 1. The van der Waals surface area contributed by atoms with E-state index in [1.807, 2.05) is 19.1 Å². The quantitative estimate of drug-likeness (QED) is 0.341. The number of aromatic nitrogens is 2. The van der Waals surface area contributed by atoms with Crippen molar-refractivity contribution < 1.29 is 26.4 Å². The van der Waals surface area contributed by atoms with Crippen molar-refractivity contribution in [3.8, 4) is 10.6 Å². The second kappa shape index (κ2) is 11.5. The lowest BCUT2D eigenvalue weighted by Crippen LogP contribution is -2.47. The van der Waals surface area contributed by atoms with Crippen molar-refractivity contribution in [2.24, 2.45) is 5.92 Å². The van der Waals surface area contributed by atoms with Crippen LogP contribution in [-0.2, 0) is 22.4 Å². The highest BCUT2D eigenvalue weighted by atomic mass is 32.2. The molecule has 0 unspecified atom stereocenters. The van der Waals surface area contributed by atoms with Crippen LogP contribution in [0.1, 0.15) is 53.4 Å². The van der Waals surface area contributed by atoms with E-state index in [1.165, 1.54) is 30.4 Å². The number of fused-ring (bicyclic) bond motifs is 1. The van der Waals surface area contributed by atoms with Gasteiger partial charge in [0.15, 0.2) is 9.84 Å². The monoisotopic (exact) mass is 660 g/mol. The van der Waals surface area contributed by atoms with Gasteiger partial charge in [-0.25, -0.2) is 18.4 Å². The molecule has 1 amide bonds. The first-order valence-corrected chi connectivity index (χ1v) is 18.0. The fourth-order valence-corrected chi connectivity index (χ4v) is 9.09. The van der Waals surface area contributed by atoms with Gasteiger partial charge in [-0.3, -0.25) is 9.69 Å². The summed E-state index contributed by atoms with van der Waals surface area (Å²) in [6.45, 7) is 7.21. The average molecular weight is 661 g/mol. The third-order valence-corrected chi connectivity index (χ3v) is 12.0. The Bertz CT molecular complexity index is 1730. The highest BCUT2D eigenvalue weighted by molar-refractivity contribution is 7.91. The van der Waals surface area contributed by atoms with Crippen LogP contribution in [0.3, 0.4) is 0 Å². The van der Waals surface area contributed by atoms with E-state index in [9.17, 15) is 26.4 Å². The molecule has 0 spiro atoms. The summed E-state index contributed by atoms with van der Waals surface area (Å²) in [5, 5.41) is 3.10. The molecule has 0 radical (unpaired) electrons. The van der Waals surface area contributed by atoms with Gasteiger partial charge in [0, 0.05) is 62.9 Å². The second-order valence-corrected chi connectivity index (χ2v) is 15.5. The Morgan fingerprint density at radius 2 is 1.80 bits per heavy atom. The molecule has 4 heterocycles. The van der Waals surface area contributed by atoms with Crippen LogP contribution in [0.5, 0.6) is 0 Å². The molecule has 1 aromatic carbocycles. The average Bonchev–Trinajstić information content (AvgIpc) is 3.96. The molecule has 1 N–H and O–H groups in total. The first-order chi connectivity index (χ1) is 21.5. The van der Waals surface area contributed by atoms with Crippen LogP contribution in [0.25, 0.3) is 10.6 Å². The standard InChI is InChI=1S/C31H35F3N6O3S2/c1-2-20-15-22(39-11-9-38(10-12-39)18-19-3-4-19)7-8-24(20)36-30-35-17-23(31(32,33)34)27(37-30)25-16-26-28(44-25)29(41)40(21-5-6-21)13-14-45(26,42)43/h7-8,15-17,19,21H,2-6,9-14,18H2,1H3,(H,35,36,37). The molecule has 2 aliphatic heterocycles. The van der Waals surface area contributed by atoms with Gasteiger partial charge in [0.1, 0.15) is 10.4 Å². The summed E-state index contributed by atoms with van der Waals surface area (Å²) in [6, 6.07) is 7.14. The lowest BCUT2D eigenvalue weighted by molar-refractivity contribution is -0.137. The van der Waals surface area contributed by atoms with Gasteiger partial charge in [-0.2, -0.15) is 13.2 Å². The first kappa shape index (κ1) is 30.4. The number of anilines is 3.